The standard InChI is InChI=1S/C6H10O2.C4H5NO/c1-4-8-6(7)5(2)3;1-3-2-5-4(3)6/h2,4H2,1,3H3;2H,1H3,(H,5,6). The molecule has 1 aliphatic rings. The second-order valence-corrected chi connectivity index (χ2v) is 2.80. The molecule has 1 rings (SSSR count). The zero-order valence-electron chi connectivity index (χ0n) is 8.72. The van der Waals surface area contributed by atoms with Crippen LogP contribution in [-0.4, -0.2) is 18.5 Å². The van der Waals surface area contributed by atoms with Gasteiger partial charge in [0.05, 0.1) is 6.61 Å². The average Bonchev–Trinajstić information content (AvgIpc) is 2.16. The summed E-state index contributed by atoms with van der Waals surface area (Å²) < 4.78 is 4.56. The van der Waals surface area contributed by atoms with Crippen LogP contribution in [0.4, 0.5) is 0 Å². The molecule has 0 aliphatic carbocycles. The number of rotatable bonds is 2. The molecule has 0 fully saturated rings. The van der Waals surface area contributed by atoms with Gasteiger partial charge in [0.25, 0.3) is 5.91 Å². The molecule has 0 spiro atoms. The van der Waals surface area contributed by atoms with Crippen molar-refractivity contribution in [2.75, 3.05) is 6.61 Å². The Morgan fingerprint density at radius 2 is 2.14 bits per heavy atom. The molecule has 4 heteroatoms. The van der Waals surface area contributed by atoms with Crippen molar-refractivity contribution in [2.45, 2.75) is 20.8 Å². The van der Waals surface area contributed by atoms with Gasteiger partial charge in [0.1, 0.15) is 0 Å². The Morgan fingerprint density at radius 1 is 1.64 bits per heavy atom. The highest BCUT2D eigenvalue weighted by Crippen LogP contribution is 1.97. The molecular weight excluding hydrogens is 182 g/mol. The molecule has 14 heavy (non-hydrogen) atoms. The molecule has 0 aromatic heterocycles. The summed E-state index contributed by atoms with van der Waals surface area (Å²) in [5.41, 5.74) is 1.27. The maximum atomic E-state index is 10.4. The summed E-state index contributed by atoms with van der Waals surface area (Å²) in [6.45, 7) is 8.99. The second-order valence-electron chi connectivity index (χ2n) is 2.80. The van der Waals surface area contributed by atoms with Crippen molar-refractivity contribution < 1.29 is 14.3 Å². The van der Waals surface area contributed by atoms with Gasteiger partial charge in [-0.2, -0.15) is 0 Å². The van der Waals surface area contributed by atoms with E-state index in [0.29, 0.717) is 12.2 Å². The number of esters is 1. The van der Waals surface area contributed by atoms with Crippen LogP contribution in [0.5, 0.6) is 0 Å². The lowest BCUT2D eigenvalue weighted by Gasteiger charge is -2.07. The third-order valence-electron chi connectivity index (χ3n) is 1.40. The van der Waals surface area contributed by atoms with Crippen LogP contribution in [0, 0.1) is 0 Å². The summed E-state index contributed by atoms with van der Waals surface area (Å²) in [4.78, 5) is 20.5. The lowest BCUT2D eigenvalue weighted by atomic mass is 10.2. The van der Waals surface area contributed by atoms with Gasteiger partial charge in [-0.1, -0.05) is 6.58 Å². The first kappa shape index (κ1) is 12.4. The fourth-order valence-electron chi connectivity index (χ4n) is 0.530. The van der Waals surface area contributed by atoms with Crippen molar-refractivity contribution in [1.29, 1.82) is 0 Å². The van der Waals surface area contributed by atoms with E-state index in [1.165, 1.54) is 0 Å². The molecule has 0 aromatic carbocycles. The van der Waals surface area contributed by atoms with Crippen molar-refractivity contribution >= 4 is 11.9 Å². The van der Waals surface area contributed by atoms with E-state index in [1.54, 1.807) is 27.0 Å². The van der Waals surface area contributed by atoms with Crippen molar-refractivity contribution in [3.63, 3.8) is 0 Å². The van der Waals surface area contributed by atoms with E-state index in [2.05, 4.69) is 16.6 Å². The van der Waals surface area contributed by atoms with Crippen molar-refractivity contribution in [2.24, 2.45) is 0 Å². The van der Waals surface area contributed by atoms with E-state index >= 15 is 0 Å². The third-order valence-corrected chi connectivity index (χ3v) is 1.40. The largest absolute Gasteiger partial charge is 0.463 e. The van der Waals surface area contributed by atoms with Gasteiger partial charge in [-0.05, 0) is 20.8 Å². The Morgan fingerprint density at radius 3 is 2.21 bits per heavy atom. The topological polar surface area (TPSA) is 55.4 Å². The summed E-state index contributed by atoms with van der Waals surface area (Å²) in [6.07, 6.45) is 1.68. The molecule has 0 radical (unpaired) electrons. The van der Waals surface area contributed by atoms with Crippen LogP contribution in [0.2, 0.25) is 0 Å². The van der Waals surface area contributed by atoms with Gasteiger partial charge < -0.3 is 10.1 Å². The Hall–Kier alpha value is -1.58. The van der Waals surface area contributed by atoms with Gasteiger partial charge >= 0.3 is 5.97 Å². The lowest BCUT2D eigenvalue weighted by molar-refractivity contribution is -0.138. The minimum absolute atomic E-state index is 0.0509. The van der Waals surface area contributed by atoms with E-state index in [1.807, 2.05) is 0 Å². The van der Waals surface area contributed by atoms with Gasteiger partial charge in [-0.15, -0.1) is 0 Å². The quantitative estimate of drug-likeness (QED) is 0.533. The summed E-state index contributed by atoms with van der Waals surface area (Å²) in [5, 5.41) is 2.46. The molecule has 1 N–H and O–H groups in total. The summed E-state index contributed by atoms with van der Waals surface area (Å²) in [7, 11) is 0. The lowest BCUT2D eigenvalue weighted by Crippen LogP contribution is -2.28. The number of hydrogen-bond acceptors (Lipinski definition) is 3. The van der Waals surface area contributed by atoms with Crippen LogP contribution >= 0.6 is 0 Å². The number of carbonyl (C=O) groups excluding carboxylic acids is 2. The van der Waals surface area contributed by atoms with Crippen LogP contribution in [0.3, 0.4) is 0 Å². The van der Waals surface area contributed by atoms with E-state index in [-0.39, 0.29) is 11.9 Å². The van der Waals surface area contributed by atoms with Gasteiger partial charge in [0.2, 0.25) is 0 Å². The van der Waals surface area contributed by atoms with Crippen LogP contribution in [0.15, 0.2) is 23.9 Å². The van der Waals surface area contributed by atoms with Gasteiger partial charge in [0, 0.05) is 17.3 Å². The summed E-state index contributed by atoms with van der Waals surface area (Å²) in [5.74, 6) is -0.262. The zero-order valence-corrected chi connectivity index (χ0v) is 8.72. The smallest absolute Gasteiger partial charge is 0.333 e. The molecule has 0 saturated heterocycles. The molecule has 1 amide bonds. The molecule has 0 bridgehead atoms. The van der Waals surface area contributed by atoms with Crippen LogP contribution in [0.1, 0.15) is 20.8 Å². The predicted octanol–water partition coefficient (Wildman–Crippen LogP) is 1.15. The van der Waals surface area contributed by atoms with E-state index in [4.69, 9.17) is 0 Å². The normalized spacial score (nSPS) is 12.5. The van der Waals surface area contributed by atoms with E-state index < -0.39 is 0 Å². The summed E-state index contributed by atoms with van der Waals surface area (Å²) >= 11 is 0. The van der Waals surface area contributed by atoms with Crippen molar-refractivity contribution in [3.8, 4) is 0 Å². The molecule has 0 saturated carbocycles. The van der Waals surface area contributed by atoms with E-state index in [0.717, 1.165) is 5.57 Å². The maximum Gasteiger partial charge on any atom is 0.333 e. The Balaban J connectivity index is 0.000000249. The van der Waals surface area contributed by atoms with Crippen molar-refractivity contribution in [3.05, 3.63) is 23.9 Å². The molecule has 0 aromatic rings. The first-order chi connectivity index (χ1) is 6.49. The highest BCUT2D eigenvalue weighted by atomic mass is 16.5. The van der Waals surface area contributed by atoms with Crippen LogP contribution in [0.25, 0.3) is 0 Å². The van der Waals surface area contributed by atoms with Crippen LogP contribution in [-0.2, 0) is 14.3 Å². The molecule has 0 atom stereocenters. The predicted molar refractivity (Wildman–Crippen MR) is 53.3 cm³/mol. The molecular formula is C10H15NO3. The number of hydrogen-bond donors (Lipinski definition) is 1. The maximum absolute atomic E-state index is 10.4. The molecule has 78 valence electrons. The molecule has 1 aliphatic heterocycles. The highest BCUT2D eigenvalue weighted by molar-refractivity contribution is 5.99. The van der Waals surface area contributed by atoms with Gasteiger partial charge in [-0.25, -0.2) is 4.79 Å². The van der Waals surface area contributed by atoms with Gasteiger partial charge in [0.15, 0.2) is 0 Å². The summed E-state index contributed by atoms with van der Waals surface area (Å²) in [6, 6.07) is 0. The van der Waals surface area contributed by atoms with Gasteiger partial charge in [-0.3, -0.25) is 4.79 Å². The Kier molecular flexibility index (Phi) is 5.29. The monoisotopic (exact) mass is 197 g/mol. The van der Waals surface area contributed by atoms with E-state index in [9.17, 15) is 9.59 Å². The first-order valence-electron chi connectivity index (χ1n) is 4.29. The fourth-order valence-corrected chi connectivity index (χ4v) is 0.530. The minimum Gasteiger partial charge on any atom is -0.463 e. The number of amides is 1. The number of carbonyl (C=O) groups is 2. The number of nitrogens with one attached hydrogen (secondary N) is 1. The minimum atomic E-state index is -0.312. The molecule has 4 nitrogen and oxygen atoms in total. The van der Waals surface area contributed by atoms with Crippen molar-refractivity contribution in [1.82, 2.24) is 5.32 Å². The number of ether oxygens (including phenoxy) is 1. The highest BCUT2D eigenvalue weighted by Gasteiger charge is 2.08. The molecule has 1 heterocycles. The Bertz CT molecular complexity index is 279. The second kappa shape index (κ2) is 5.96. The SMILES string of the molecule is C=C(C)C(=O)OCC.CC1=CNC1=O. The average molecular weight is 197 g/mol. The fraction of sp³-hybridized carbons (Fsp3) is 0.400. The van der Waals surface area contributed by atoms with Crippen LogP contribution < -0.4 is 5.32 Å². The third kappa shape index (κ3) is 4.45. The first-order valence-corrected chi connectivity index (χ1v) is 4.29. The Labute approximate surface area is 83.6 Å². The molecule has 0 unspecified atom stereocenters. The zero-order chi connectivity index (χ0) is 11.1.